The molecule has 0 saturated heterocycles. The molecule has 96 valence electrons. The summed E-state index contributed by atoms with van der Waals surface area (Å²) in [6.07, 6.45) is 8.91. The van der Waals surface area contributed by atoms with Gasteiger partial charge in [-0.25, -0.2) is 0 Å². The Labute approximate surface area is 109 Å². The third-order valence-electron chi connectivity index (χ3n) is 4.43. The Morgan fingerprint density at radius 2 is 1.94 bits per heavy atom. The second kappa shape index (κ2) is 5.34. The second-order valence-corrected chi connectivity index (χ2v) is 5.93. The van der Waals surface area contributed by atoms with Gasteiger partial charge in [-0.15, -0.1) is 0 Å². The van der Waals surface area contributed by atoms with Crippen molar-refractivity contribution < 1.29 is 4.79 Å². The highest BCUT2D eigenvalue weighted by molar-refractivity contribution is 7.80. The molecule has 2 fully saturated rings. The van der Waals surface area contributed by atoms with E-state index in [-0.39, 0.29) is 5.91 Å². The highest BCUT2D eigenvalue weighted by Gasteiger charge is 2.43. The number of hydrogen-bond donors (Lipinski definition) is 2. The Morgan fingerprint density at radius 3 is 2.41 bits per heavy atom. The van der Waals surface area contributed by atoms with E-state index in [9.17, 15) is 4.79 Å². The van der Waals surface area contributed by atoms with Crippen LogP contribution in [0, 0.1) is 11.3 Å². The topological polar surface area (TPSA) is 55.1 Å². The molecule has 1 amide bonds. The van der Waals surface area contributed by atoms with Gasteiger partial charge in [0.05, 0.1) is 10.4 Å². The number of nitrogens with two attached hydrogens (primary N) is 1. The van der Waals surface area contributed by atoms with Gasteiger partial charge in [0.15, 0.2) is 0 Å². The predicted molar refractivity (Wildman–Crippen MR) is 72.7 cm³/mol. The third-order valence-corrected chi connectivity index (χ3v) is 4.82. The van der Waals surface area contributed by atoms with E-state index in [2.05, 4.69) is 5.32 Å². The van der Waals surface area contributed by atoms with Gasteiger partial charge in [-0.05, 0) is 25.2 Å². The quantitative estimate of drug-likeness (QED) is 0.739. The highest BCUT2D eigenvalue weighted by Crippen LogP contribution is 2.38. The molecule has 0 aliphatic heterocycles. The molecule has 2 aliphatic rings. The van der Waals surface area contributed by atoms with Crippen LogP contribution in [0.2, 0.25) is 0 Å². The van der Waals surface area contributed by atoms with Crippen molar-refractivity contribution >= 4 is 23.1 Å². The summed E-state index contributed by atoms with van der Waals surface area (Å²) in [6.45, 7) is 0.786. The molecular weight excluding hydrogens is 232 g/mol. The van der Waals surface area contributed by atoms with Crippen molar-refractivity contribution in [2.75, 3.05) is 6.54 Å². The number of thiocarbonyl (C=S) groups is 1. The smallest absolute Gasteiger partial charge is 0.233 e. The van der Waals surface area contributed by atoms with Gasteiger partial charge in [-0.3, -0.25) is 4.79 Å². The summed E-state index contributed by atoms with van der Waals surface area (Å²) in [7, 11) is 0. The van der Waals surface area contributed by atoms with Crippen LogP contribution in [-0.4, -0.2) is 17.4 Å². The zero-order valence-electron chi connectivity index (χ0n) is 10.3. The SMILES string of the molecule is NC(=S)C1(C(=O)NCCC2CCC2)CCCC1. The molecule has 0 unspecified atom stereocenters. The summed E-state index contributed by atoms with van der Waals surface area (Å²) in [4.78, 5) is 12.6. The van der Waals surface area contributed by atoms with Crippen LogP contribution in [0.15, 0.2) is 0 Å². The molecule has 17 heavy (non-hydrogen) atoms. The van der Waals surface area contributed by atoms with Crippen molar-refractivity contribution in [1.82, 2.24) is 5.32 Å². The van der Waals surface area contributed by atoms with E-state index in [0.717, 1.165) is 44.6 Å². The minimum absolute atomic E-state index is 0.0711. The van der Waals surface area contributed by atoms with Crippen LogP contribution in [0.25, 0.3) is 0 Å². The van der Waals surface area contributed by atoms with Gasteiger partial charge in [-0.2, -0.15) is 0 Å². The fraction of sp³-hybridized carbons (Fsp3) is 0.846. The van der Waals surface area contributed by atoms with Crippen LogP contribution in [0.4, 0.5) is 0 Å². The number of nitrogens with one attached hydrogen (secondary N) is 1. The fourth-order valence-electron chi connectivity index (χ4n) is 2.90. The average Bonchev–Trinajstić information content (AvgIpc) is 2.71. The first-order valence-corrected chi connectivity index (χ1v) is 7.14. The molecule has 0 atom stereocenters. The summed E-state index contributed by atoms with van der Waals surface area (Å²) >= 11 is 5.10. The highest BCUT2D eigenvalue weighted by atomic mass is 32.1. The molecule has 0 radical (unpaired) electrons. The van der Waals surface area contributed by atoms with Crippen molar-refractivity contribution in [3.8, 4) is 0 Å². The number of rotatable bonds is 5. The van der Waals surface area contributed by atoms with E-state index in [1.807, 2.05) is 0 Å². The van der Waals surface area contributed by atoms with Crippen LogP contribution >= 0.6 is 12.2 Å². The van der Waals surface area contributed by atoms with E-state index < -0.39 is 5.41 Å². The lowest BCUT2D eigenvalue weighted by molar-refractivity contribution is -0.127. The monoisotopic (exact) mass is 254 g/mol. The van der Waals surface area contributed by atoms with E-state index >= 15 is 0 Å². The first-order chi connectivity index (χ1) is 8.15. The first kappa shape index (κ1) is 12.8. The van der Waals surface area contributed by atoms with Gasteiger partial charge in [0.1, 0.15) is 0 Å². The Morgan fingerprint density at radius 1 is 1.29 bits per heavy atom. The van der Waals surface area contributed by atoms with Crippen LogP contribution in [0.1, 0.15) is 51.4 Å². The van der Waals surface area contributed by atoms with Gasteiger partial charge in [-0.1, -0.05) is 44.3 Å². The van der Waals surface area contributed by atoms with Crippen molar-refractivity contribution in [3.05, 3.63) is 0 Å². The van der Waals surface area contributed by atoms with Crippen LogP contribution < -0.4 is 11.1 Å². The fourth-order valence-corrected chi connectivity index (χ4v) is 3.20. The molecule has 0 aromatic carbocycles. The Bertz CT molecular complexity index is 307. The summed E-state index contributed by atoms with van der Waals surface area (Å²) < 4.78 is 0. The number of carbonyl (C=O) groups is 1. The summed E-state index contributed by atoms with van der Waals surface area (Å²) in [5.41, 5.74) is 5.24. The largest absolute Gasteiger partial charge is 0.392 e. The average molecular weight is 254 g/mol. The van der Waals surface area contributed by atoms with Gasteiger partial charge in [0, 0.05) is 6.54 Å². The van der Waals surface area contributed by atoms with Crippen molar-refractivity contribution in [3.63, 3.8) is 0 Å². The molecular formula is C13H22N2OS. The molecule has 4 heteroatoms. The number of carbonyl (C=O) groups excluding carboxylic acids is 1. The predicted octanol–water partition coefficient (Wildman–Crippen LogP) is 2.14. The minimum atomic E-state index is -0.533. The summed E-state index contributed by atoms with van der Waals surface area (Å²) in [5, 5.41) is 3.04. The van der Waals surface area contributed by atoms with Crippen LogP contribution in [-0.2, 0) is 4.79 Å². The van der Waals surface area contributed by atoms with Gasteiger partial charge in [0.2, 0.25) is 5.91 Å². The maximum absolute atomic E-state index is 12.2. The maximum Gasteiger partial charge on any atom is 0.233 e. The van der Waals surface area contributed by atoms with Crippen molar-refractivity contribution in [2.45, 2.75) is 51.4 Å². The zero-order valence-corrected chi connectivity index (χ0v) is 11.2. The minimum Gasteiger partial charge on any atom is -0.392 e. The molecule has 2 aliphatic carbocycles. The molecule has 3 nitrogen and oxygen atoms in total. The lowest BCUT2D eigenvalue weighted by Gasteiger charge is -2.28. The van der Waals surface area contributed by atoms with Gasteiger partial charge >= 0.3 is 0 Å². The molecule has 2 saturated carbocycles. The van der Waals surface area contributed by atoms with Crippen LogP contribution in [0.5, 0.6) is 0 Å². The van der Waals surface area contributed by atoms with Gasteiger partial charge < -0.3 is 11.1 Å². The number of hydrogen-bond acceptors (Lipinski definition) is 2. The van der Waals surface area contributed by atoms with E-state index in [4.69, 9.17) is 18.0 Å². The van der Waals surface area contributed by atoms with E-state index in [0.29, 0.717) is 4.99 Å². The summed E-state index contributed by atoms with van der Waals surface area (Å²) in [5.74, 6) is 0.904. The Balaban J connectivity index is 1.81. The zero-order chi connectivity index (χ0) is 12.3. The number of amides is 1. The standard InChI is InChI=1S/C13H22N2OS/c14-11(17)13(7-1-2-8-13)12(16)15-9-6-10-4-3-5-10/h10H,1-9H2,(H2,14,17)(H,15,16). The molecule has 0 aromatic rings. The van der Waals surface area contributed by atoms with E-state index in [1.54, 1.807) is 0 Å². The third kappa shape index (κ3) is 2.62. The second-order valence-electron chi connectivity index (χ2n) is 5.49. The molecule has 0 spiro atoms. The first-order valence-electron chi connectivity index (χ1n) is 6.73. The Hall–Kier alpha value is -0.640. The molecule has 0 aromatic heterocycles. The summed E-state index contributed by atoms with van der Waals surface area (Å²) in [6, 6.07) is 0. The lowest BCUT2D eigenvalue weighted by atomic mass is 9.82. The van der Waals surface area contributed by atoms with Crippen molar-refractivity contribution in [1.29, 1.82) is 0 Å². The van der Waals surface area contributed by atoms with Crippen LogP contribution in [0.3, 0.4) is 0 Å². The lowest BCUT2D eigenvalue weighted by Crippen LogP contribution is -2.47. The Kier molecular flexibility index (Phi) is 4.02. The van der Waals surface area contributed by atoms with Gasteiger partial charge in [0.25, 0.3) is 0 Å². The normalized spacial score (nSPS) is 23.1. The van der Waals surface area contributed by atoms with E-state index in [1.165, 1.54) is 19.3 Å². The molecule has 3 N–H and O–H groups in total. The molecule has 2 rings (SSSR count). The van der Waals surface area contributed by atoms with Crippen molar-refractivity contribution in [2.24, 2.45) is 17.1 Å². The maximum atomic E-state index is 12.2. The molecule has 0 bridgehead atoms. The molecule has 0 heterocycles.